The number of carboxylic acids is 2. The number of nitrogens with zero attached hydrogens (tertiary/aromatic N) is 2. The molecule has 0 radical (unpaired) electrons. The Labute approximate surface area is 103 Å². The van der Waals surface area contributed by atoms with Gasteiger partial charge in [0.2, 0.25) is 0 Å². The van der Waals surface area contributed by atoms with Gasteiger partial charge in [0.25, 0.3) is 0 Å². The number of nitrogens with two attached hydrogens (primary N) is 2. The lowest BCUT2D eigenvalue weighted by atomic mass is 10.1. The van der Waals surface area contributed by atoms with E-state index in [-0.39, 0.29) is 13.0 Å². The van der Waals surface area contributed by atoms with Crippen LogP contribution in [0.2, 0.25) is 0 Å². The molecule has 0 amide bonds. The van der Waals surface area contributed by atoms with Crippen molar-refractivity contribution in [3.63, 3.8) is 0 Å². The highest BCUT2D eigenvalue weighted by Crippen LogP contribution is 2.07. The summed E-state index contributed by atoms with van der Waals surface area (Å²) < 4.78 is 1.50. The quantitative estimate of drug-likeness (QED) is 0.491. The standard InChI is InChI=1S/C10H16N4O4/c1-10(12,9(17)18)4-14-3-6(13-5-14)2-7(11)8(15)16/h3,5,7H,2,4,11-12H2,1H3,(H,15,16)(H,17,18)/t7-,10?/m0/s1. The fourth-order valence-corrected chi connectivity index (χ4v) is 1.36. The highest BCUT2D eigenvalue weighted by Gasteiger charge is 2.28. The Morgan fingerprint density at radius 1 is 1.56 bits per heavy atom. The molecule has 18 heavy (non-hydrogen) atoms. The Morgan fingerprint density at radius 3 is 2.67 bits per heavy atom. The van der Waals surface area contributed by atoms with Gasteiger partial charge in [0.15, 0.2) is 0 Å². The highest BCUT2D eigenvalue weighted by molar-refractivity contribution is 5.77. The lowest BCUT2D eigenvalue weighted by molar-refractivity contribution is -0.143. The molecular formula is C10H16N4O4. The van der Waals surface area contributed by atoms with Gasteiger partial charge in [-0.25, -0.2) is 4.98 Å². The van der Waals surface area contributed by atoms with Crippen LogP contribution in [0.4, 0.5) is 0 Å². The Balaban J connectivity index is 2.70. The van der Waals surface area contributed by atoms with Crippen molar-refractivity contribution in [2.24, 2.45) is 11.5 Å². The van der Waals surface area contributed by atoms with Crippen LogP contribution < -0.4 is 11.5 Å². The van der Waals surface area contributed by atoms with Crippen LogP contribution in [0.15, 0.2) is 12.5 Å². The van der Waals surface area contributed by atoms with Crippen molar-refractivity contribution in [2.45, 2.75) is 31.5 Å². The fraction of sp³-hybridized carbons (Fsp3) is 0.500. The molecule has 1 aromatic rings. The van der Waals surface area contributed by atoms with Gasteiger partial charge in [-0.05, 0) is 6.92 Å². The third-order valence-corrected chi connectivity index (χ3v) is 2.43. The molecule has 0 aliphatic carbocycles. The summed E-state index contributed by atoms with van der Waals surface area (Å²) in [6, 6.07) is -1.03. The average Bonchev–Trinajstić information content (AvgIpc) is 2.64. The van der Waals surface area contributed by atoms with E-state index in [0.717, 1.165) is 0 Å². The first-order chi connectivity index (χ1) is 8.22. The van der Waals surface area contributed by atoms with E-state index in [1.54, 1.807) is 0 Å². The number of hydrogen-bond donors (Lipinski definition) is 4. The van der Waals surface area contributed by atoms with Crippen molar-refractivity contribution in [1.29, 1.82) is 0 Å². The Kier molecular flexibility index (Phi) is 4.04. The summed E-state index contributed by atoms with van der Waals surface area (Å²) in [6.45, 7) is 1.43. The predicted molar refractivity (Wildman–Crippen MR) is 61.8 cm³/mol. The second-order valence-electron chi connectivity index (χ2n) is 4.41. The average molecular weight is 256 g/mol. The highest BCUT2D eigenvalue weighted by atomic mass is 16.4. The van der Waals surface area contributed by atoms with Gasteiger partial charge in [-0.1, -0.05) is 0 Å². The predicted octanol–water partition coefficient (Wildman–Crippen LogP) is -1.36. The lowest BCUT2D eigenvalue weighted by Gasteiger charge is -2.19. The molecule has 100 valence electrons. The summed E-state index contributed by atoms with van der Waals surface area (Å²) in [4.78, 5) is 25.4. The second-order valence-corrected chi connectivity index (χ2v) is 4.41. The number of imidazole rings is 1. The molecule has 6 N–H and O–H groups in total. The number of aliphatic carboxylic acids is 2. The van der Waals surface area contributed by atoms with Crippen LogP contribution in [0, 0.1) is 0 Å². The summed E-state index contributed by atoms with van der Waals surface area (Å²) in [5.74, 6) is -2.24. The summed E-state index contributed by atoms with van der Waals surface area (Å²) in [6.07, 6.45) is 3.02. The van der Waals surface area contributed by atoms with E-state index in [1.807, 2.05) is 0 Å². The summed E-state index contributed by atoms with van der Waals surface area (Å²) >= 11 is 0. The van der Waals surface area contributed by atoms with E-state index in [0.29, 0.717) is 5.69 Å². The zero-order valence-corrected chi connectivity index (χ0v) is 9.91. The molecule has 0 aliphatic rings. The van der Waals surface area contributed by atoms with Crippen molar-refractivity contribution in [1.82, 2.24) is 9.55 Å². The van der Waals surface area contributed by atoms with E-state index in [9.17, 15) is 9.59 Å². The Bertz CT molecular complexity index is 454. The molecule has 1 rings (SSSR count). The minimum atomic E-state index is -1.41. The molecule has 0 bridgehead atoms. The van der Waals surface area contributed by atoms with Crippen LogP contribution in [0.25, 0.3) is 0 Å². The molecule has 0 saturated carbocycles. The number of aromatic nitrogens is 2. The van der Waals surface area contributed by atoms with Crippen LogP contribution in [0.3, 0.4) is 0 Å². The molecule has 1 aromatic heterocycles. The largest absolute Gasteiger partial charge is 0.480 e. The summed E-state index contributed by atoms with van der Waals surface area (Å²) in [7, 11) is 0. The van der Waals surface area contributed by atoms with E-state index in [2.05, 4.69) is 4.98 Å². The van der Waals surface area contributed by atoms with Gasteiger partial charge in [0, 0.05) is 12.6 Å². The molecule has 0 aromatic carbocycles. The topological polar surface area (TPSA) is 144 Å². The van der Waals surface area contributed by atoms with Gasteiger partial charge in [-0.3, -0.25) is 9.59 Å². The van der Waals surface area contributed by atoms with Crippen molar-refractivity contribution < 1.29 is 19.8 Å². The molecule has 8 heteroatoms. The monoisotopic (exact) mass is 256 g/mol. The van der Waals surface area contributed by atoms with Gasteiger partial charge in [-0.15, -0.1) is 0 Å². The van der Waals surface area contributed by atoms with Crippen molar-refractivity contribution in [3.05, 3.63) is 18.2 Å². The van der Waals surface area contributed by atoms with Crippen molar-refractivity contribution in [2.75, 3.05) is 0 Å². The second kappa shape index (κ2) is 5.15. The number of carboxylic acid groups (broad SMARTS) is 2. The SMILES string of the molecule is CC(N)(Cn1cnc(C[C@H](N)C(=O)O)c1)C(=O)O. The molecule has 1 heterocycles. The zero-order chi connectivity index (χ0) is 13.9. The van der Waals surface area contributed by atoms with Gasteiger partial charge < -0.3 is 26.2 Å². The first-order valence-corrected chi connectivity index (χ1v) is 5.23. The minimum absolute atomic E-state index is 0.0393. The molecule has 2 atom stereocenters. The van der Waals surface area contributed by atoms with E-state index >= 15 is 0 Å². The lowest BCUT2D eigenvalue weighted by Crippen LogP contribution is -2.48. The minimum Gasteiger partial charge on any atom is -0.480 e. The smallest absolute Gasteiger partial charge is 0.325 e. The summed E-state index contributed by atoms with van der Waals surface area (Å²) in [5, 5.41) is 17.5. The third kappa shape index (κ3) is 3.54. The third-order valence-electron chi connectivity index (χ3n) is 2.43. The molecule has 0 saturated heterocycles. The van der Waals surface area contributed by atoms with Gasteiger partial charge in [-0.2, -0.15) is 0 Å². The molecule has 0 aliphatic heterocycles. The molecule has 1 unspecified atom stereocenters. The first kappa shape index (κ1) is 14.1. The molecule has 0 fully saturated rings. The molecular weight excluding hydrogens is 240 g/mol. The maximum atomic E-state index is 10.8. The van der Waals surface area contributed by atoms with Gasteiger partial charge in [0.1, 0.15) is 11.6 Å². The van der Waals surface area contributed by atoms with E-state index < -0.39 is 23.5 Å². The van der Waals surface area contributed by atoms with E-state index in [1.165, 1.54) is 24.0 Å². The Hall–Kier alpha value is -1.93. The maximum absolute atomic E-state index is 10.8. The van der Waals surface area contributed by atoms with E-state index in [4.69, 9.17) is 21.7 Å². The van der Waals surface area contributed by atoms with Gasteiger partial charge >= 0.3 is 11.9 Å². The summed E-state index contributed by atoms with van der Waals surface area (Å²) in [5.41, 5.74) is 10.0. The van der Waals surface area contributed by atoms with Gasteiger partial charge in [0.05, 0.1) is 18.6 Å². The maximum Gasteiger partial charge on any atom is 0.325 e. The van der Waals surface area contributed by atoms with Crippen LogP contribution in [0.1, 0.15) is 12.6 Å². The molecule has 8 nitrogen and oxygen atoms in total. The molecule has 0 spiro atoms. The van der Waals surface area contributed by atoms with Crippen molar-refractivity contribution in [3.8, 4) is 0 Å². The fourth-order valence-electron chi connectivity index (χ4n) is 1.36. The van der Waals surface area contributed by atoms with Crippen LogP contribution in [-0.4, -0.2) is 43.3 Å². The normalized spacial score (nSPS) is 15.9. The zero-order valence-electron chi connectivity index (χ0n) is 9.91. The van der Waals surface area contributed by atoms with Crippen LogP contribution in [0.5, 0.6) is 0 Å². The van der Waals surface area contributed by atoms with Crippen molar-refractivity contribution >= 4 is 11.9 Å². The number of hydrogen-bond acceptors (Lipinski definition) is 5. The Morgan fingerprint density at radius 2 is 2.17 bits per heavy atom. The van der Waals surface area contributed by atoms with Crippen LogP contribution >= 0.6 is 0 Å². The number of rotatable bonds is 6. The first-order valence-electron chi connectivity index (χ1n) is 5.23. The van der Waals surface area contributed by atoms with Crippen LogP contribution in [-0.2, 0) is 22.6 Å². The number of carbonyl (C=O) groups is 2.